The van der Waals surface area contributed by atoms with Crippen molar-refractivity contribution in [3.05, 3.63) is 84.0 Å². The smallest absolute Gasteiger partial charge is 0.341 e. The number of ether oxygens (including phenoxy) is 1. The number of aromatic nitrogens is 1. The molecule has 1 amide bonds. The number of nitrogens with one attached hydrogen (secondary N) is 1. The van der Waals surface area contributed by atoms with Gasteiger partial charge in [-0.2, -0.15) is 0 Å². The molecule has 240 valence electrons. The van der Waals surface area contributed by atoms with Crippen LogP contribution in [-0.4, -0.2) is 74.9 Å². The third-order valence-corrected chi connectivity index (χ3v) is 11.4. The van der Waals surface area contributed by atoms with E-state index in [1.165, 1.54) is 0 Å². The van der Waals surface area contributed by atoms with Crippen molar-refractivity contribution < 1.29 is 24.5 Å². The van der Waals surface area contributed by atoms with E-state index in [2.05, 4.69) is 28.7 Å². The molecule has 9 nitrogen and oxygen atoms in total. The number of esters is 1. The molecule has 2 saturated carbocycles. The summed E-state index contributed by atoms with van der Waals surface area (Å²) in [6, 6.07) is 5.06. The Morgan fingerprint density at radius 3 is 2.78 bits per heavy atom. The van der Waals surface area contributed by atoms with Crippen molar-refractivity contribution in [3.63, 3.8) is 0 Å². The molecule has 45 heavy (non-hydrogen) atoms. The van der Waals surface area contributed by atoms with Gasteiger partial charge in [-0.15, -0.1) is 0 Å². The lowest BCUT2D eigenvalue weighted by atomic mass is 9.46. The summed E-state index contributed by atoms with van der Waals surface area (Å²) in [5.74, 6) is 0.878. The first-order chi connectivity index (χ1) is 21.5. The van der Waals surface area contributed by atoms with Gasteiger partial charge in [-0.05, 0) is 98.8 Å². The summed E-state index contributed by atoms with van der Waals surface area (Å²) >= 11 is 0. The van der Waals surface area contributed by atoms with E-state index in [9.17, 15) is 19.8 Å². The Bertz CT molecular complexity index is 1480. The van der Waals surface area contributed by atoms with Crippen LogP contribution in [0.4, 0.5) is 5.82 Å². The summed E-state index contributed by atoms with van der Waals surface area (Å²) < 4.78 is 5.80. The van der Waals surface area contributed by atoms with Gasteiger partial charge in [0.05, 0.1) is 30.4 Å². The number of aliphatic hydroxyl groups is 2. The predicted octanol–water partition coefficient (Wildman–Crippen LogP) is 4.69. The first-order valence-corrected chi connectivity index (χ1v) is 16.2. The molecule has 0 radical (unpaired) electrons. The molecule has 8 atom stereocenters. The first kappa shape index (κ1) is 31.5. The van der Waals surface area contributed by atoms with Crippen LogP contribution in [0.2, 0.25) is 0 Å². The lowest BCUT2D eigenvalue weighted by Gasteiger charge is -2.60. The summed E-state index contributed by atoms with van der Waals surface area (Å²) in [6.07, 6.45) is 14.9. The Labute approximate surface area is 266 Å². The second-order valence-corrected chi connectivity index (χ2v) is 13.9. The second-order valence-electron chi connectivity index (χ2n) is 13.9. The van der Waals surface area contributed by atoms with E-state index in [1.807, 2.05) is 57.4 Å². The van der Waals surface area contributed by atoms with Gasteiger partial charge >= 0.3 is 5.97 Å². The van der Waals surface area contributed by atoms with E-state index in [0.29, 0.717) is 30.0 Å². The Morgan fingerprint density at radius 1 is 1.27 bits per heavy atom. The molecule has 1 aromatic rings. The average molecular weight is 615 g/mol. The molecule has 3 fully saturated rings. The lowest BCUT2D eigenvalue weighted by molar-refractivity contribution is -0.152. The molecular weight excluding hydrogens is 568 g/mol. The average Bonchev–Trinajstić information content (AvgIpc) is 3.51. The van der Waals surface area contributed by atoms with E-state index in [0.717, 1.165) is 36.8 Å². The SMILES string of the molecule is C=C1CCC2[C@](C)(CC[C@@H](O)[C@@]2(C)CO)C1CC(Nc1ccccn1)C1=CC(=CC2=CN3C(=O)C(CC)N(C)C3C=C2)OC1=O. The number of carbonyl (C=O) groups is 2. The maximum Gasteiger partial charge on any atom is 0.341 e. The number of nitrogens with zero attached hydrogens (tertiary/aromatic N) is 3. The fraction of sp³-hybridized carbons (Fsp3) is 0.528. The molecule has 3 aliphatic heterocycles. The number of hydrogen-bond acceptors (Lipinski definition) is 8. The number of cyclic esters (lactones) is 1. The van der Waals surface area contributed by atoms with Crippen molar-refractivity contribution in [2.75, 3.05) is 19.0 Å². The van der Waals surface area contributed by atoms with Gasteiger partial charge in [-0.1, -0.05) is 45.1 Å². The summed E-state index contributed by atoms with van der Waals surface area (Å²) in [4.78, 5) is 34.8. The second kappa shape index (κ2) is 12.0. The van der Waals surface area contributed by atoms with Crippen LogP contribution in [0.1, 0.15) is 59.3 Å². The molecule has 6 rings (SSSR count). The van der Waals surface area contributed by atoms with Gasteiger partial charge in [-0.3, -0.25) is 14.6 Å². The third kappa shape index (κ3) is 5.38. The number of fused-ring (bicyclic) bond motifs is 2. The van der Waals surface area contributed by atoms with E-state index < -0.39 is 23.5 Å². The topological polar surface area (TPSA) is 115 Å². The summed E-state index contributed by atoms with van der Waals surface area (Å²) in [6.45, 7) is 10.7. The molecule has 0 aromatic carbocycles. The van der Waals surface area contributed by atoms with Crippen molar-refractivity contribution in [1.82, 2.24) is 14.8 Å². The minimum Gasteiger partial charge on any atom is -0.423 e. The van der Waals surface area contributed by atoms with Crippen molar-refractivity contribution >= 4 is 17.7 Å². The number of allylic oxidation sites excluding steroid dienone is 5. The Hall–Kier alpha value is -3.53. The fourth-order valence-corrected chi connectivity index (χ4v) is 8.82. The largest absolute Gasteiger partial charge is 0.423 e. The van der Waals surface area contributed by atoms with Gasteiger partial charge < -0.3 is 20.3 Å². The number of anilines is 1. The maximum absolute atomic E-state index is 13.5. The van der Waals surface area contributed by atoms with Crippen LogP contribution in [-0.2, 0) is 14.3 Å². The standard InChI is InChI=1S/C36H46N4O5/c1-6-28-33(43)40-20-23(11-13-32(40)39(28)5)17-24-18-25(34(44)45-24)27(38-31-9-7-8-16-37-31)19-26-22(2)10-12-29-35(26,3)15-14-30(42)36(29,4)21-41/h7-9,11,13,16-18,20,26-30,32,41-42H,2,6,10,12,14-15,19,21H2,1,3-5H3,(H,37,38)/t26?,27?,28?,29?,30-,32?,35-,36+/m1/s1. The zero-order chi connectivity index (χ0) is 32.1. The van der Waals surface area contributed by atoms with E-state index in [4.69, 9.17) is 4.74 Å². The van der Waals surface area contributed by atoms with Crippen molar-refractivity contribution in [2.45, 2.75) is 83.6 Å². The molecule has 4 heterocycles. The van der Waals surface area contributed by atoms with Crippen LogP contribution >= 0.6 is 0 Å². The molecule has 5 unspecified atom stereocenters. The molecule has 1 saturated heterocycles. The molecule has 0 spiro atoms. The molecule has 1 aromatic heterocycles. The van der Waals surface area contributed by atoms with Gasteiger partial charge in [0.1, 0.15) is 17.7 Å². The Morgan fingerprint density at radius 2 is 2.07 bits per heavy atom. The van der Waals surface area contributed by atoms with Crippen LogP contribution in [0, 0.1) is 22.7 Å². The summed E-state index contributed by atoms with van der Waals surface area (Å²) in [7, 11) is 1.96. The van der Waals surface area contributed by atoms with Gasteiger partial charge in [-0.25, -0.2) is 9.78 Å². The number of likely N-dealkylation sites (N-methyl/N-ethyl adjacent to an activating group) is 1. The molecule has 0 bridgehead atoms. The number of carbonyl (C=O) groups excluding carboxylic acids is 2. The number of hydrogen-bond donors (Lipinski definition) is 3. The third-order valence-electron chi connectivity index (χ3n) is 11.4. The van der Waals surface area contributed by atoms with E-state index in [1.54, 1.807) is 23.2 Å². The normalized spacial score (nSPS) is 36.4. The van der Waals surface area contributed by atoms with Crippen LogP contribution in [0.3, 0.4) is 0 Å². The molecule has 5 aliphatic rings. The van der Waals surface area contributed by atoms with Crippen LogP contribution in [0.5, 0.6) is 0 Å². The highest BCUT2D eigenvalue weighted by Crippen LogP contribution is 2.62. The van der Waals surface area contributed by atoms with Crippen LogP contribution < -0.4 is 5.32 Å². The fourth-order valence-electron chi connectivity index (χ4n) is 8.82. The lowest BCUT2D eigenvalue weighted by Crippen LogP contribution is -2.58. The molecule has 9 heteroatoms. The van der Waals surface area contributed by atoms with E-state index in [-0.39, 0.29) is 42.0 Å². The zero-order valence-corrected chi connectivity index (χ0v) is 26.8. The number of amides is 1. The highest BCUT2D eigenvalue weighted by atomic mass is 16.5. The van der Waals surface area contributed by atoms with Crippen LogP contribution in [0.15, 0.2) is 84.0 Å². The maximum atomic E-state index is 13.5. The number of aliphatic hydroxyl groups excluding tert-OH is 2. The van der Waals surface area contributed by atoms with Crippen LogP contribution in [0.25, 0.3) is 0 Å². The Kier molecular flexibility index (Phi) is 8.39. The van der Waals surface area contributed by atoms with Gasteiger partial charge in [0.2, 0.25) is 5.91 Å². The molecule has 3 N–H and O–H groups in total. The molecule has 2 aliphatic carbocycles. The van der Waals surface area contributed by atoms with Crippen molar-refractivity contribution in [2.24, 2.45) is 22.7 Å². The zero-order valence-electron chi connectivity index (χ0n) is 26.8. The van der Waals surface area contributed by atoms with E-state index >= 15 is 0 Å². The summed E-state index contributed by atoms with van der Waals surface area (Å²) in [5, 5.41) is 25.0. The number of pyridine rings is 1. The number of rotatable bonds is 8. The van der Waals surface area contributed by atoms with Crippen molar-refractivity contribution in [1.29, 1.82) is 0 Å². The van der Waals surface area contributed by atoms with Crippen molar-refractivity contribution in [3.8, 4) is 0 Å². The first-order valence-electron chi connectivity index (χ1n) is 16.2. The summed E-state index contributed by atoms with van der Waals surface area (Å²) in [5.41, 5.74) is 1.61. The predicted molar refractivity (Wildman–Crippen MR) is 172 cm³/mol. The Balaban J connectivity index is 1.31. The van der Waals surface area contributed by atoms with Gasteiger partial charge in [0.25, 0.3) is 0 Å². The highest BCUT2D eigenvalue weighted by Gasteiger charge is 2.58. The highest BCUT2D eigenvalue weighted by molar-refractivity contribution is 5.95. The minimum atomic E-state index is -0.597. The van der Waals surface area contributed by atoms with Gasteiger partial charge in [0, 0.05) is 17.8 Å². The minimum absolute atomic E-state index is 0.0446. The monoisotopic (exact) mass is 614 g/mol. The quantitative estimate of drug-likeness (QED) is 0.285. The van der Waals surface area contributed by atoms with Gasteiger partial charge in [0.15, 0.2) is 0 Å². The molecular formula is C36H46N4O5.